The molecule has 2 aromatic rings. The SMILES string of the molecule is CN(C(=O)c1sc2cc(Cl)ccc2c1Cl)C1CC2CCC(C1)N2.Cl. The van der Waals surface area contributed by atoms with Crippen molar-refractivity contribution >= 4 is 62.9 Å². The molecule has 0 radical (unpaired) electrons. The van der Waals surface area contributed by atoms with E-state index in [1.165, 1.54) is 24.2 Å². The van der Waals surface area contributed by atoms with E-state index in [9.17, 15) is 4.79 Å². The van der Waals surface area contributed by atoms with E-state index in [4.69, 9.17) is 23.2 Å². The summed E-state index contributed by atoms with van der Waals surface area (Å²) in [7, 11) is 1.91. The molecule has 2 atom stereocenters. The Morgan fingerprint density at radius 2 is 1.92 bits per heavy atom. The van der Waals surface area contributed by atoms with Crippen molar-refractivity contribution in [1.29, 1.82) is 0 Å². The average Bonchev–Trinajstić information content (AvgIpc) is 3.05. The van der Waals surface area contributed by atoms with Gasteiger partial charge in [0.05, 0.1) is 5.02 Å². The molecule has 2 aliphatic heterocycles. The van der Waals surface area contributed by atoms with Gasteiger partial charge in [-0.2, -0.15) is 0 Å². The van der Waals surface area contributed by atoms with E-state index < -0.39 is 0 Å². The summed E-state index contributed by atoms with van der Waals surface area (Å²) in [6.45, 7) is 0. The molecule has 0 spiro atoms. The van der Waals surface area contributed by atoms with Crippen LogP contribution in [0.5, 0.6) is 0 Å². The third-order valence-electron chi connectivity index (χ3n) is 5.10. The summed E-state index contributed by atoms with van der Waals surface area (Å²) < 4.78 is 0.963. The maximum absolute atomic E-state index is 13.0. The Labute approximate surface area is 161 Å². The molecule has 1 N–H and O–H groups in total. The topological polar surface area (TPSA) is 32.3 Å². The number of rotatable bonds is 2. The van der Waals surface area contributed by atoms with Crippen LogP contribution < -0.4 is 5.32 Å². The first-order chi connectivity index (χ1) is 11.0. The Balaban J connectivity index is 0.00000169. The van der Waals surface area contributed by atoms with Crippen molar-refractivity contribution in [2.24, 2.45) is 0 Å². The smallest absolute Gasteiger partial charge is 0.265 e. The highest BCUT2D eigenvalue weighted by Crippen LogP contribution is 2.38. The van der Waals surface area contributed by atoms with Crippen molar-refractivity contribution in [3.63, 3.8) is 0 Å². The normalized spacial score (nSPS) is 25.5. The Morgan fingerprint density at radius 3 is 2.58 bits per heavy atom. The molecule has 7 heteroatoms. The van der Waals surface area contributed by atoms with E-state index in [1.54, 1.807) is 0 Å². The van der Waals surface area contributed by atoms with Crippen molar-refractivity contribution in [2.75, 3.05) is 7.05 Å². The lowest BCUT2D eigenvalue weighted by molar-refractivity contribution is 0.0687. The standard InChI is InChI=1S/C17H18Cl2N2OS.ClH/c1-21(12-7-10-3-4-11(8-12)20-10)17(22)16-15(19)13-5-2-9(18)6-14(13)23-16;/h2,5-6,10-12,20H,3-4,7-8H2,1H3;1H. The molecule has 2 bridgehead atoms. The molecule has 24 heavy (non-hydrogen) atoms. The second kappa shape index (κ2) is 7.00. The first-order valence-corrected chi connectivity index (χ1v) is 9.51. The number of nitrogens with one attached hydrogen (secondary N) is 1. The van der Waals surface area contributed by atoms with Crippen LogP contribution in [-0.2, 0) is 0 Å². The van der Waals surface area contributed by atoms with Gasteiger partial charge in [0, 0.05) is 40.3 Å². The fraction of sp³-hybridized carbons (Fsp3) is 0.471. The van der Waals surface area contributed by atoms with Crippen LogP contribution >= 0.6 is 46.9 Å². The maximum atomic E-state index is 13.0. The molecule has 1 aromatic heterocycles. The third-order valence-corrected chi connectivity index (χ3v) is 6.98. The predicted octanol–water partition coefficient (Wildman–Crippen LogP) is 4.98. The van der Waals surface area contributed by atoms with Crippen molar-refractivity contribution < 1.29 is 4.79 Å². The Morgan fingerprint density at radius 1 is 1.25 bits per heavy atom. The predicted molar refractivity (Wildman–Crippen MR) is 104 cm³/mol. The van der Waals surface area contributed by atoms with Crippen molar-refractivity contribution in [1.82, 2.24) is 10.2 Å². The molecule has 2 unspecified atom stereocenters. The lowest BCUT2D eigenvalue weighted by Crippen LogP contribution is -2.48. The van der Waals surface area contributed by atoms with Gasteiger partial charge in [0.1, 0.15) is 4.88 Å². The van der Waals surface area contributed by atoms with E-state index in [2.05, 4.69) is 5.32 Å². The minimum Gasteiger partial charge on any atom is -0.338 e. The molecule has 2 aliphatic rings. The largest absolute Gasteiger partial charge is 0.338 e. The first-order valence-electron chi connectivity index (χ1n) is 7.93. The average molecular weight is 406 g/mol. The molecule has 3 heterocycles. The number of benzene rings is 1. The van der Waals surface area contributed by atoms with Crippen LogP contribution in [0.2, 0.25) is 10.0 Å². The zero-order valence-electron chi connectivity index (χ0n) is 13.2. The molecule has 1 amide bonds. The monoisotopic (exact) mass is 404 g/mol. The number of hydrogen-bond donors (Lipinski definition) is 1. The summed E-state index contributed by atoms with van der Waals surface area (Å²) in [6, 6.07) is 6.99. The van der Waals surface area contributed by atoms with Crippen LogP contribution in [0, 0.1) is 0 Å². The first kappa shape index (κ1) is 18.3. The summed E-state index contributed by atoms with van der Waals surface area (Å²) in [5, 5.41) is 5.74. The minimum absolute atomic E-state index is 0. The number of hydrogen-bond acceptors (Lipinski definition) is 3. The van der Waals surface area contributed by atoms with E-state index in [1.807, 2.05) is 30.1 Å². The summed E-state index contributed by atoms with van der Waals surface area (Å²) in [5.41, 5.74) is 0. The lowest BCUT2D eigenvalue weighted by atomic mass is 9.98. The van der Waals surface area contributed by atoms with E-state index in [-0.39, 0.29) is 18.3 Å². The molecule has 3 nitrogen and oxygen atoms in total. The number of halogens is 3. The molecule has 2 saturated heterocycles. The van der Waals surface area contributed by atoms with Crippen LogP contribution in [0.3, 0.4) is 0 Å². The third kappa shape index (κ3) is 3.15. The quantitative estimate of drug-likeness (QED) is 0.764. The van der Waals surface area contributed by atoms with Crippen molar-refractivity contribution in [2.45, 2.75) is 43.8 Å². The number of amides is 1. The number of fused-ring (bicyclic) bond motifs is 3. The molecule has 1 aromatic carbocycles. The van der Waals surface area contributed by atoms with Gasteiger partial charge in [-0.1, -0.05) is 29.3 Å². The van der Waals surface area contributed by atoms with Gasteiger partial charge in [0.15, 0.2) is 0 Å². The summed E-state index contributed by atoms with van der Waals surface area (Å²) >= 11 is 13.9. The van der Waals surface area contributed by atoms with E-state index in [0.717, 1.165) is 22.9 Å². The fourth-order valence-electron chi connectivity index (χ4n) is 3.85. The van der Waals surface area contributed by atoms with Crippen LogP contribution in [-0.4, -0.2) is 36.0 Å². The maximum Gasteiger partial charge on any atom is 0.265 e. The number of piperidine rings is 1. The molecule has 130 valence electrons. The van der Waals surface area contributed by atoms with E-state index in [0.29, 0.717) is 33.0 Å². The summed E-state index contributed by atoms with van der Waals surface area (Å²) in [4.78, 5) is 15.5. The lowest BCUT2D eigenvalue weighted by Gasteiger charge is -2.35. The van der Waals surface area contributed by atoms with Gasteiger partial charge in [0.2, 0.25) is 0 Å². The summed E-state index contributed by atoms with van der Waals surface area (Å²) in [5.74, 6) is 0.0265. The molecule has 2 fully saturated rings. The second-order valence-corrected chi connectivity index (χ2v) is 8.43. The molecule has 0 aliphatic carbocycles. The number of thiophene rings is 1. The Bertz CT molecular complexity index is 767. The molecule has 0 saturated carbocycles. The number of nitrogens with zero attached hydrogens (tertiary/aromatic N) is 1. The van der Waals surface area contributed by atoms with Gasteiger partial charge < -0.3 is 10.2 Å². The highest BCUT2D eigenvalue weighted by Gasteiger charge is 2.37. The summed E-state index contributed by atoms with van der Waals surface area (Å²) in [6.07, 6.45) is 4.52. The highest BCUT2D eigenvalue weighted by atomic mass is 35.5. The van der Waals surface area contributed by atoms with Crippen LogP contribution in [0.15, 0.2) is 18.2 Å². The second-order valence-electron chi connectivity index (χ2n) is 6.56. The van der Waals surface area contributed by atoms with Gasteiger partial charge in [-0.25, -0.2) is 0 Å². The molecular weight excluding hydrogens is 387 g/mol. The Kier molecular flexibility index (Phi) is 5.33. The number of carbonyl (C=O) groups excluding carboxylic acids is 1. The zero-order valence-corrected chi connectivity index (χ0v) is 16.4. The zero-order chi connectivity index (χ0) is 16.1. The Hall–Kier alpha value is -0.520. The fourth-order valence-corrected chi connectivity index (χ4v) is 5.62. The minimum atomic E-state index is 0. The van der Waals surface area contributed by atoms with Gasteiger partial charge >= 0.3 is 0 Å². The van der Waals surface area contributed by atoms with Crippen LogP contribution in [0.25, 0.3) is 10.1 Å². The van der Waals surface area contributed by atoms with Gasteiger partial charge in [-0.3, -0.25) is 4.79 Å². The van der Waals surface area contributed by atoms with Crippen molar-refractivity contribution in [3.05, 3.63) is 33.1 Å². The van der Waals surface area contributed by atoms with Gasteiger partial charge in [-0.05, 0) is 37.8 Å². The van der Waals surface area contributed by atoms with Crippen LogP contribution in [0.4, 0.5) is 0 Å². The molecule has 4 rings (SSSR count). The van der Waals surface area contributed by atoms with Gasteiger partial charge in [-0.15, -0.1) is 23.7 Å². The van der Waals surface area contributed by atoms with Gasteiger partial charge in [0.25, 0.3) is 5.91 Å². The number of carbonyl (C=O) groups is 1. The van der Waals surface area contributed by atoms with Crippen LogP contribution in [0.1, 0.15) is 35.4 Å². The van der Waals surface area contributed by atoms with E-state index >= 15 is 0 Å². The van der Waals surface area contributed by atoms with Crippen molar-refractivity contribution in [3.8, 4) is 0 Å². The molecular formula is C17H19Cl3N2OS. The highest BCUT2D eigenvalue weighted by molar-refractivity contribution is 7.21.